The number of halogens is 1. The number of methoxy groups -OCH3 is 1. The number of hydrogen-bond acceptors (Lipinski definition) is 3. The molecule has 2 aromatic carbocycles. The Morgan fingerprint density at radius 1 is 0.969 bits per heavy atom. The molecule has 5 rings (SSSR count). The van der Waals surface area contributed by atoms with E-state index in [1.165, 1.54) is 0 Å². The molecular formula is C25H21BrN4OS. The minimum absolute atomic E-state index is 0.127. The SMILES string of the molecule is COc1ccccc1N1C(=S)N[C@@H](c2ccccn2)[C@H]1c1cccn1-c1ccc(Br)cc1. The molecule has 2 aromatic heterocycles. The van der Waals surface area contributed by atoms with Gasteiger partial charge in [0.05, 0.1) is 24.5 Å². The van der Waals surface area contributed by atoms with Gasteiger partial charge in [0.15, 0.2) is 5.11 Å². The molecule has 0 bridgehead atoms. The number of ether oxygens (including phenoxy) is 1. The largest absolute Gasteiger partial charge is 0.495 e. The summed E-state index contributed by atoms with van der Waals surface area (Å²) in [6, 6.07) is 26.1. The number of rotatable bonds is 5. The van der Waals surface area contributed by atoms with Crippen molar-refractivity contribution in [3.63, 3.8) is 0 Å². The van der Waals surface area contributed by atoms with E-state index >= 15 is 0 Å². The molecule has 7 heteroatoms. The van der Waals surface area contributed by atoms with Gasteiger partial charge in [-0.3, -0.25) is 4.98 Å². The van der Waals surface area contributed by atoms with Gasteiger partial charge in [-0.25, -0.2) is 0 Å². The molecule has 1 aliphatic heterocycles. The van der Waals surface area contributed by atoms with E-state index in [0.29, 0.717) is 5.11 Å². The van der Waals surface area contributed by atoms with Gasteiger partial charge in [0.2, 0.25) is 0 Å². The number of anilines is 1. The molecule has 0 amide bonds. The maximum atomic E-state index is 5.85. The van der Waals surface area contributed by atoms with Gasteiger partial charge in [-0.2, -0.15) is 0 Å². The number of hydrogen-bond donors (Lipinski definition) is 1. The molecule has 1 fully saturated rings. The fourth-order valence-corrected chi connectivity index (χ4v) is 4.82. The lowest BCUT2D eigenvalue weighted by molar-refractivity contribution is 0.414. The monoisotopic (exact) mass is 504 g/mol. The molecule has 5 nitrogen and oxygen atoms in total. The summed E-state index contributed by atoms with van der Waals surface area (Å²) in [7, 11) is 1.68. The van der Waals surface area contributed by atoms with Gasteiger partial charge in [-0.15, -0.1) is 0 Å². The smallest absolute Gasteiger partial charge is 0.174 e. The van der Waals surface area contributed by atoms with Crippen molar-refractivity contribution < 1.29 is 4.74 Å². The van der Waals surface area contributed by atoms with Gasteiger partial charge in [-0.1, -0.05) is 34.1 Å². The summed E-state index contributed by atoms with van der Waals surface area (Å²) in [4.78, 5) is 6.78. The first-order chi connectivity index (χ1) is 15.7. The summed E-state index contributed by atoms with van der Waals surface area (Å²) in [5, 5.41) is 4.15. The van der Waals surface area contributed by atoms with Gasteiger partial charge in [0, 0.05) is 28.2 Å². The highest BCUT2D eigenvalue weighted by Crippen LogP contribution is 2.44. The molecule has 1 saturated heterocycles. The Hall–Kier alpha value is -3.16. The van der Waals surface area contributed by atoms with Gasteiger partial charge < -0.3 is 19.5 Å². The highest BCUT2D eigenvalue weighted by Gasteiger charge is 2.43. The summed E-state index contributed by atoms with van der Waals surface area (Å²) in [5.74, 6) is 0.769. The van der Waals surface area contributed by atoms with Gasteiger partial charge in [0.25, 0.3) is 0 Å². The molecular weight excluding hydrogens is 484 g/mol. The molecule has 0 aliphatic carbocycles. The number of benzene rings is 2. The molecule has 2 atom stereocenters. The minimum atomic E-state index is -0.132. The third-order valence-electron chi connectivity index (χ3n) is 5.63. The van der Waals surface area contributed by atoms with Crippen molar-refractivity contribution in [3.8, 4) is 11.4 Å². The van der Waals surface area contributed by atoms with Gasteiger partial charge >= 0.3 is 0 Å². The lowest BCUT2D eigenvalue weighted by Gasteiger charge is -2.30. The second-order valence-electron chi connectivity index (χ2n) is 7.45. The van der Waals surface area contributed by atoms with Crippen LogP contribution in [-0.2, 0) is 0 Å². The summed E-state index contributed by atoms with van der Waals surface area (Å²) in [6.45, 7) is 0. The van der Waals surface area contributed by atoms with Crippen LogP contribution in [0.1, 0.15) is 23.5 Å². The van der Waals surface area contributed by atoms with Crippen LogP contribution in [0.15, 0.2) is 95.7 Å². The quantitative estimate of drug-likeness (QED) is 0.346. The van der Waals surface area contributed by atoms with Crippen LogP contribution in [0.5, 0.6) is 5.75 Å². The fraction of sp³-hybridized carbons (Fsp3) is 0.120. The lowest BCUT2D eigenvalue weighted by Crippen LogP contribution is -2.30. The van der Waals surface area contributed by atoms with E-state index in [4.69, 9.17) is 17.0 Å². The second-order valence-corrected chi connectivity index (χ2v) is 8.75. The minimum Gasteiger partial charge on any atom is -0.495 e. The van der Waals surface area contributed by atoms with Crippen LogP contribution in [0, 0.1) is 0 Å². The third kappa shape index (κ3) is 3.67. The first kappa shape index (κ1) is 20.7. The Balaban J connectivity index is 1.68. The van der Waals surface area contributed by atoms with Crippen molar-refractivity contribution in [1.82, 2.24) is 14.9 Å². The van der Waals surface area contributed by atoms with Crippen molar-refractivity contribution in [1.29, 1.82) is 0 Å². The molecule has 1 N–H and O–H groups in total. The predicted molar refractivity (Wildman–Crippen MR) is 134 cm³/mol. The second kappa shape index (κ2) is 8.76. The Morgan fingerprint density at radius 3 is 2.50 bits per heavy atom. The first-order valence-corrected chi connectivity index (χ1v) is 11.4. The van der Waals surface area contributed by atoms with Crippen molar-refractivity contribution in [2.24, 2.45) is 0 Å². The van der Waals surface area contributed by atoms with Crippen molar-refractivity contribution in [3.05, 3.63) is 107 Å². The Bertz CT molecular complexity index is 1240. The number of aromatic nitrogens is 2. The van der Waals surface area contributed by atoms with Crippen molar-refractivity contribution in [2.45, 2.75) is 12.1 Å². The number of nitrogens with zero attached hydrogens (tertiary/aromatic N) is 3. The maximum absolute atomic E-state index is 5.85. The molecule has 0 spiro atoms. The maximum Gasteiger partial charge on any atom is 0.174 e. The van der Waals surface area contributed by atoms with Crippen LogP contribution >= 0.6 is 28.1 Å². The van der Waals surface area contributed by atoms with Crippen LogP contribution in [0.4, 0.5) is 5.69 Å². The van der Waals surface area contributed by atoms with Gasteiger partial charge in [0.1, 0.15) is 11.8 Å². The number of nitrogens with one attached hydrogen (secondary N) is 1. The van der Waals surface area contributed by atoms with E-state index in [2.05, 4.69) is 66.2 Å². The standard InChI is InChI=1S/C25H21BrN4OS/c1-31-22-10-3-2-8-20(22)30-24(23(28-25(30)32)19-7-4-5-15-27-19)21-9-6-16-29(21)18-13-11-17(26)12-14-18/h2-16,23-24H,1H3,(H,28,32)/t23-,24+/m0/s1. The Labute approximate surface area is 200 Å². The summed E-state index contributed by atoms with van der Waals surface area (Å²) in [6.07, 6.45) is 3.90. The van der Waals surface area contributed by atoms with E-state index in [9.17, 15) is 0 Å². The fourth-order valence-electron chi connectivity index (χ4n) is 4.22. The van der Waals surface area contributed by atoms with Crippen LogP contribution in [0.3, 0.4) is 0 Å². The highest BCUT2D eigenvalue weighted by molar-refractivity contribution is 9.10. The van der Waals surface area contributed by atoms with Crippen LogP contribution < -0.4 is 15.0 Å². The zero-order valence-corrected chi connectivity index (χ0v) is 19.8. The van der Waals surface area contributed by atoms with E-state index < -0.39 is 0 Å². The van der Waals surface area contributed by atoms with E-state index in [0.717, 1.165) is 33.0 Å². The normalized spacial score (nSPS) is 17.9. The Kier molecular flexibility index (Phi) is 5.68. The molecule has 160 valence electrons. The average molecular weight is 505 g/mol. The topological polar surface area (TPSA) is 42.3 Å². The van der Waals surface area contributed by atoms with Crippen LogP contribution in [-0.4, -0.2) is 21.8 Å². The predicted octanol–water partition coefficient (Wildman–Crippen LogP) is 5.82. The summed E-state index contributed by atoms with van der Waals surface area (Å²) >= 11 is 9.38. The highest BCUT2D eigenvalue weighted by atomic mass is 79.9. The van der Waals surface area contributed by atoms with Crippen LogP contribution in [0.2, 0.25) is 0 Å². The molecule has 4 aromatic rings. The van der Waals surface area contributed by atoms with Crippen LogP contribution in [0.25, 0.3) is 5.69 Å². The molecule has 0 unspecified atom stereocenters. The molecule has 0 radical (unpaired) electrons. The molecule has 32 heavy (non-hydrogen) atoms. The van der Waals surface area contributed by atoms with Gasteiger partial charge in [-0.05, 0) is 72.9 Å². The number of thiocarbonyl (C=S) groups is 1. The molecule has 3 heterocycles. The lowest BCUT2D eigenvalue weighted by atomic mass is 10.0. The zero-order valence-electron chi connectivity index (χ0n) is 17.4. The zero-order chi connectivity index (χ0) is 22.1. The van der Waals surface area contributed by atoms with Crippen molar-refractivity contribution in [2.75, 3.05) is 12.0 Å². The summed E-state index contributed by atoms with van der Waals surface area (Å²) in [5.41, 5.74) is 4.02. The van der Waals surface area contributed by atoms with Crippen molar-refractivity contribution >= 4 is 38.9 Å². The number of para-hydroxylation sites is 2. The first-order valence-electron chi connectivity index (χ1n) is 10.2. The Morgan fingerprint density at radius 2 is 1.75 bits per heavy atom. The van der Waals surface area contributed by atoms with E-state index in [1.54, 1.807) is 7.11 Å². The number of pyridine rings is 1. The molecule has 0 saturated carbocycles. The average Bonchev–Trinajstić information content (AvgIpc) is 3.44. The summed E-state index contributed by atoms with van der Waals surface area (Å²) < 4.78 is 8.93. The van der Waals surface area contributed by atoms with E-state index in [1.807, 2.05) is 60.8 Å². The van der Waals surface area contributed by atoms with E-state index in [-0.39, 0.29) is 12.1 Å². The molecule has 1 aliphatic rings. The third-order valence-corrected chi connectivity index (χ3v) is 6.47.